The minimum absolute atomic E-state index is 0.173. The standard InChI is InChI=1S/C21H38O7/c1-2-3-4-5-7-10-13-17(22)18(28-21(27)16-20(25)26)14-11-8-6-9-12-15-19(23)24/h17-18,22H,2-16H2,1H3,(H,23,24)(H,25,26). The molecule has 0 aromatic heterocycles. The number of hydrogen-bond acceptors (Lipinski definition) is 5. The van der Waals surface area contributed by atoms with Crippen molar-refractivity contribution in [2.45, 2.75) is 115 Å². The number of carbonyl (C=O) groups is 3. The molecule has 0 heterocycles. The third-order valence-electron chi connectivity index (χ3n) is 4.74. The maximum atomic E-state index is 11.7. The molecule has 7 heteroatoms. The summed E-state index contributed by atoms with van der Waals surface area (Å²) in [5.74, 6) is -2.85. The minimum atomic E-state index is -1.24. The second kappa shape index (κ2) is 17.5. The molecule has 2 unspecified atom stereocenters. The number of rotatable bonds is 19. The van der Waals surface area contributed by atoms with Crippen molar-refractivity contribution in [2.24, 2.45) is 0 Å². The van der Waals surface area contributed by atoms with Crippen LogP contribution in [0.3, 0.4) is 0 Å². The summed E-state index contributed by atoms with van der Waals surface area (Å²) < 4.78 is 5.23. The smallest absolute Gasteiger partial charge is 0.317 e. The molecular formula is C21H38O7. The zero-order chi connectivity index (χ0) is 21.2. The topological polar surface area (TPSA) is 121 Å². The van der Waals surface area contributed by atoms with Crippen molar-refractivity contribution in [2.75, 3.05) is 0 Å². The summed E-state index contributed by atoms with van der Waals surface area (Å²) in [4.78, 5) is 32.8. The largest absolute Gasteiger partial charge is 0.481 e. The molecular weight excluding hydrogens is 364 g/mol. The second-order valence-electron chi connectivity index (χ2n) is 7.42. The molecule has 0 radical (unpaired) electrons. The summed E-state index contributed by atoms with van der Waals surface area (Å²) >= 11 is 0. The fourth-order valence-corrected chi connectivity index (χ4v) is 3.14. The molecule has 0 rings (SSSR count). The first-order valence-corrected chi connectivity index (χ1v) is 10.7. The quantitative estimate of drug-likeness (QED) is 0.167. The zero-order valence-electron chi connectivity index (χ0n) is 17.2. The van der Waals surface area contributed by atoms with Gasteiger partial charge in [0.1, 0.15) is 12.5 Å². The van der Waals surface area contributed by atoms with E-state index in [0.29, 0.717) is 19.3 Å². The van der Waals surface area contributed by atoms with E-state index < -0.39 is 36.5 Å². The Hall–Kier alpha value is -1.63. The monoisotopic (exact) mass is 402 g/mol. The first-order valence-electron chi connectivity index (χ1n) is 10.7. The van der Waals surface area contributed by atoms with Crippen molar-refractivity contribution in [3.8, 4) is 0 Å². The zero-order valence-corrected chi connectivity index (χ0v) is 17.2. The maximum Gasteiger partial charge on any atom is 0.317 e. The van der Waals surface area contributed by atoms with Gasteiger partial charge in [0, 0.05) is 6.42 Å². The first kappa shape index (κ1) is 26.4. The number of carboxylic acid groups (broad SMARTS) is 2. The van der Waals surface area contributed by atoms with Crippen LogP contribution in [0.5, 0.6) is 0 Å². The number of ether oxygens (including phenoxy) is 1. The van der Waals surface area contributed by atoms with E-state index in [1.165, 1.54) is 19.3 Å². The number of aliphatic hydroxyl groups is 1. The number of carboxylic acids is 2. The summed E-state index contributed by atoms with van der Waals surface area (Å²) in [6.07, 6.45) is 9.58. The summed E-state index contributed by atoms with van der Waals surface area (Å²) in [5.41, 5.74) is 0. The van der Waals surface area contributed by atoms with E-state index in [-0.39, 0.29) is 6.42 Å². The van der Waals surface area contributed by atoms with Gasteiger partial charge in [-0.15, -0.1) is 0 Å². The molecule has 0 fully saturated rings. The molecule has 3 N–H and O–H groups in total. The highest BCUT2D eigenvalue weighted by Crippen LogP contribution is 2.18. The van der Waals surface area contributed by atoms with Crippen molar-refractivity contribution in [3.63, 3.8) is 0 Å². The Kier molecular flexibility index (Phi) is 16.5. The summed E-state index contributed by atoms with van der Waals surface area (Å²) in [6.45, 7) is 2.16. The Morgan fingerprint density at radius 3 is 1.86 bits per heavy atom. The molecule has 0 saturated carbocycles. The van der Waals surface area contributed by atoms with Gasteiger partial charge in [-0.05, 0) is 25.7 Å². The van der Waals surface area contributed by atoms with Crippen LogP contribution in [0.1, 0.15) is 103 Å². The predicted molar refractivity (Wildman–Crippen MR) is 106 cm³/mol. The Balaban J connectivity index is 4.23. The lowest BCUT2D eigenvalue weighted by Gasteiger charge is -2.23. The maximum absolute atomic E-state index is 11.7. The number of carbonyl (C=O) groups excluding carboxylic acids is 1. The van der Waals surface area contributed by atoms with E-state index in [1.54, 1.807) is 0 Å². The molecule has 0 aromatic rings. The fraction of sp³-hybridized carbons (Fsp3) is 0.857. The molecule has 0 aliphatic heterocycles. The van der Waals surface area contributed by atoms with Crippen molar-refractivity contribution < 1.29 is 34.4 Å². The van der Waals surface area contributed by atoms with Crippen LogP contribution < -0.4 is 0 Å². The lowest BCUT2D eigenvalue weighted by atomic mass is 9.99. The van der Waals surface area contributed by atoms with Crippen molar-refractivity contribution >= 4 is 17.9 Å². The number of unbranched alkanes of at least 4 members (excludes halogenated alkanes) is 9. The van der Waals surface area contributed by atoms with Gasteiger partial charge in [0.2, 0.25) is 0 Å². The van der Waals surface area contributed by atoms with Gasteiger partial charge in [0.25, 0.3) is 0 Å². The highest BCUT2D eigenvalue weighted by atomic mass is 16.6. The van der Waals surface area contributed by atoms with Crippen molar-refractivity contribution in [1.82, 2.24) is 0 Å². The molecule has 7 nitrogen and oxygen atoms in total. The third-order valence-corrected chi connectivity index (χ3v) is 4.74. The Morgan fingerprint density at radius 1 is 0.750 bits per heavy atom. The molecule has 0 saturated heterocycles. The molecule has 28 heavy (non-hydrogen) atoms. The molecule has 0 bridgehead atoms. The number of esters is 1. The summed E-state index contributed by atoms with van der Waals surface area (Å²) in [7, 11) is 0. The van der Waals surface area contributed by atoms with E-state index in [0.717, 1.165) is 44.9 Å². The molecule has 0 amide bonds. The van der Waals surface area contributed by atoms with Crippen LogP contribution >= 0.6 is 0 Å². The van der Waals surface area contributed by atoms with Crippen LogP contribution in [-0.4, -0.2) is 45.4 Å². The van der Waals surface area contributed by atoms with Crippen LogP contribution in [0.15, 0.2) is 0 Å². The van der Waals surface area contributed by atoms with Crippen LogP contribution in [0.4, 0.5) is 0 Å². The van der Waals surface area contributed by atoms with Gasteiger partial charge < -0.3 is 20.1 Å². The number of aliphatic hydroxyl groups excluding tert-OH is 1. The van der Waals surface area contributed by atoms with Gasteiger partial charge in [0.05, 0.1) is 6.10 Å². The first-order chi connectivity index (χ1) is 13.4. The van der Waals surface area contributed by atoms with Gasteiger partial charge in [-0.2, -0.15) is 0 Å². The molecule has 0 spiro atoms. The Bertz CT molecular complexity index is 436. The normalized spacial score (nSPS) is 13.1. The lowest BCUT2D eigenvalue weighted by Crippen LogP contribution is -2.32. The van der Waals surface area contributed by atoms with E-state index in [2.05, 4.69) is 6.92 Å². The number of hydrogen-bond donors (Lipinski definition) is 3. The predicted octanol–water partition coefficient (Wildman–Crippen LogP) is 4.30. The Labute approximate surface area is 168 Å². The highest BCUT2D eigenvalue weighted by Gasteiger charge is 2.23. The average Bonchev–Trinajstić information content (AvgIpc) is 2.61. The van der Waals surface area contributed by atoms with E-state index in [1.807, 2.05) is 0 Å². The molecule has 0 aliphatic carbocycles. The average molecular weight is 403 g/mol. The van der Waals surface area contributed by atoms with Gasteiger partial charge in [-0.3, -0.25) is 14.4 Å². The SMILES string of the molecule is CCCCCCCCC(O)C(CCCCCCCC(=O)O)OC(=O)CC(=O)O. The highest BCUT2D eigenvalue weighted by molar-refractivity contribution is 5.90. The van der Waals surface area contributed by atoms with Gasteiger partial charge >= 0.3 is 17.9 Å². The van der Waals surface area contributed by atoms with E-state index in [9.17, 15) is 19.5 Å². The molecule has 0 aliphatic rings. The van der Waals surface area contributed by atoms with Crippen LogP contribution in [0, 0.1) is 0 Å². The van der Waals surface area contributed by atoms with Crippen molar-refractivity contribution in [1.29, 1.82) is 0 Å². The molecule has 0 aromatic carbocycles. The van der Waals surface area contributed by atoms with Crippen LogP contribution in [0.25, 0.3) is 0 Å². The summed E-state index contributed by atoms with van der Waals surface area (Å²) in [6, 6.07) is 0. The molecule has 2 atom stereocenters. The lowest BCUT2D eigenvalue weighted by molar-refractivity contribution is -0.160. The van der Waals surface area contributed by atoms with Gasteiger partial charge in [-0.25, -0.2) is 0 Å². The third kappa shape index (κ3) is 16.5. The second-order valence-corrected chi connectivity index (χ2v) is 7.42. The van der Waals surface area contributed by atoms with Crippen LogP contribution in [-0.2, 0) is 19.1 Å². The summed E-state index contributed by atoms with van der Waals surface area (Å²) in [5, 5.41) is 27.7. The fourth-order valence-electron chi connectivity index (χ4n) is 3.14. The van der Waals surface area contributed by atoms with Crippen molar-refractivity contribution in [3.05, 3.63) is 0 Å². The Morgan fingerprint density at radius 2 is 1.29 bits per heavy atom. The van der Waals surface area contributed by atoms with Crippen LogP contribution in [0.2, 0.25) is 0 Å². The van der Waals surface area contributed by atoms with Gasteiger partial charge in [-0.1, -0.05) is 64.7 Å². The van der Waals surface area contributed by atoms with E-state index in [4.69, 9.17) is 14.9 Å². The van der Waals surface area contributed by atoms with Gasteiger partial charge in [0.15, 0.2) is 0 Å². The molecule has 164 valence electrons. The van der Waals surface area contributed by atoms with E-state index >= 15 is 0 Å². The number of aliphatic carboxylic acids is 2. The minimum Gasteiger partial charge on any atom is -0.481 e.